The average Bonchev–Trinajstić information content (AvgIpc) is 2.95. The molecule has 1 atom stereocenters. The second kappa shape index (κ2) is 5.69. The number of hydrogen-bond acceptors (Lipinski definition) is 3. The number of hydrogen-bond donors (Lipinski definition) is 1. The first-order valence-corrected chi connectivity index (χ1v) is 8.13. The third-order valence-corrected chi connectivity index (χ3v) is 4.67. The largest absolute Gasteiger partial charge is 0.310 e. The zero-order valence-electron chi connectivity index (χ0n) is 15.0. The van der Waals surface area contributed by atoms with E-state index in [1.54, 1.807) is 4.68 Å². The Morgan fingerprint density at radius 2 is 2.05 bits per heavy atom. The molecule has 2 rings (SSSR count). The molecule has 1 unspecified atom stereocenters. The predicted molar refractivity (Wildman–Crippen MR) is 90.0 cm³/mol. The number of carbonyl (C=O) groups excluding carboxylic acids is 1. The Bertz CT molecular complexity index is 555. The molecule has 124 valence electrons. The number of aromatic nitrogens is 2. The van der Waals surface area contributed by atoms with Gasteiger partial charge in [-0.25, -0.2) is 0 Å². The van der Waals surface area contributed by atoms with E-state index >= 15 is 0 Å². The summed E-state index contributed by atoms with van der Waals surface area (Å²) in [7, 11) is 1.88. The van der Waals surface area contributed by atoms with E-state index in [-0.39, 0.29) is 16.7 Å². The molecule has 1 saturated heterocycles. The van der Waals surface area contributed by atoms with Crippen LogP contribution >= 0.6 is 0 Å². The molecule has 1 aliphatic heterocycles. The molecule has 1 aliphatic rings. The first kappa shape index (κ1) is 17.0. The Morgan fingerprint density at radius 1 is 1.41 bits per heavy atom. The zero-order chi connectivity index (χ0) is 16.7. The third-order valence-electron chi connectivity index (χ3n) is 4.67. The van der Waals surface area contributed by atoms with Crippen molar-refractivity contribution < 1.29 is 4.79 Å². The lowest BCUT2D eigenvalue weighted by atomic mass is 9.88. The van der Waals surface area contributed by atoms with Gasteiger partial charge in [-0.2, -0.15) is 5.10 Å². The van der Waals surface area contributed by atoms with Crippen LogP contribution in [0.15, 0.2) is 6.07 Å². The fourth-order valence-corrected chi connectivity index (χ4v) is 2.84. The monoisotopic (exact) mass is 306 g/mol. The summed E-state index contributed by atoms with van der Waals surface area (Å²) in [5.41, 5.74) is 0.647. The molecule has 0 aromatic carbocycles. The maximum Gasteiger partial charge on any atom is 0.232 e. The van der Waals surface area contributed by atoms with Crippen molar-refractivity contribution >= 4 is 11.7 Å². The molecule has 1 amide bonds. The number of nitrogens with one attached hydrogen (secondary N) is 1. The normalized spacial score (nSPS) is 23.3. The molecule has 0 saturated carbocycles. The first-order chi connectivity index (χ1) is 10.0. The maximum atomic E-state index is 12.7. The minimum absolute atomic E-state index is 0.0214. The number of aryl methyl sites for hydroxylation is 1. The van der Waals surface area contributed by atoms with Crippen molar-refractivity contribution in [2.75, 3.05) is 18.4 Å². The van der Waals surface area contributed by atoms with Crippen LogP contribution in [0.3, 0.4) is 0 Å². The van der Waals surface area contributed by atoms with Crippen LogP contribution in [0.1, 0.15) is 53.7 Å². The van der Waals surface area contributed by atoms with Gasteiger partial charge in [0.1, 0.15) is 5.82 Å². The van der Waals surface area contributed by atoms with Crippen molar-refractivity contribution in [3.05, 3.63) is 11.8 Å². The van der Waals surface area contributed by atoms with Gasteiger partial charge in [-0.1, -0.05) is 20.8 Å². The van der Waals surface area contributed by atoms with Gasteiger partial charge >= 0.3 is 0 Å². The molecule has 0 bridgehead atoms. The lowest BCUT2D eigenvalue weighted by molar-refractivity contribution is -0.124. The Labute approximate surface area is 134 Å². The van der Waals surface area contributed by atoms with E-state index in [0.29, 0.717) is 6.04 Å². The minimum Gasteiger partial charge on any atom is -0.310 e. The third kappa shape index (κ3) is 3.35. The average molecular weight is 306 g/mol. The predicted octanol–water partition coefficient (Wildman–Crippen LogP) is 2.78. The molecule has 1 fully saturated rings. The van der Waals surface area contributed by atoms with E-state index < -0.39 is 0 Å². The summed E-state index contributed by atoms with van der Waals surface area (Å²) in [6.45, 7) is 14.6. The molecule has 0 aliphatic carbocycles. The molecular weight excluding hydrogens is 276 g/mol. The molecular formula is C17H30N4O. The highest BCUT2D eigenvalue weighted by atomic mass is 16.2. The van der Waals surface area contributed by atoms with Gasteiger partial charge in [0.05, 0.1) is 11.1 Å². The molecule has 2 heterocycles. The van der Waals surface area contributed by atoms with Crippen molar-refractivity contribution in [3.63, 3.8) is 0 Å². The van der Waals surface area contributed by atoms with Crippen LogP contribution in [0.5, 0.6) is 0 Å². The minimum atomic E-state index is -0.323. The van der Waals surface area contributed by atoms with Gasteiger partial charge < -0.3 is 5.32 Å². The van der Waals surface area contributed by atoms with E-state index in [0.717, 1.165) is 31.0 Å². The quantitative estimate of drug-likeness (QED) is 0.934. The summed E-state index contributed by atoms with van der Waals surface area (Å²) < 4.78 is 1.76. The van der Waals surface area contributed by atoms with Crippen molar-refractivity contribution in [1.82, 2.24) is 14.7 Å². The maximum absolute atomic E-state index is 12.7. The van der Waals surface area contributed by atoms with Crippen LogP contribution in [0, 0.1) is 5.41 Å². The van der Waals surface area contributed by atoms with Crippen LogP contribution in [0.2, 0.25) is 0 Å². The van der Waals surface area contributed by atoms with Crippen molar-refractivity contribution in [2.24, 2.45) is 12.5 Å². The summed E-state index contributed by atoms with van der Waals surface area (Å²) in [4.78, 5) is 15.1. The Balaban J connectivity index is 2.11. The van der Waals surface area contributed by atoms with Crippen molar-refractivity contribution in [1.29, 1.82) is 0 Å². The molecule has 5 heteroatoms. The summed E-state index contributed by atoms with van der Waals surface area (Å²) in [6, 6.07) is 2.47. The molecule has 0 spiro atoms. The van der Waals surface area contributed by atoms with E-state index in [4.69, 9.17) is 0 Å². The smallest absolute Gasteiger partial charge is 0.232 e. The van der Waals surface area contributed by atoms with Gasteiger partial charge in [0.25, 0.3) is 0 Å². The van der Waals surface area contributed by atoms with Crippen LogP contribution in [0.25, 0.3) is 0 Å². The van der Waals surface area contributed by atoms with E-state index in [1.165, 1.54) is 0 Å². The van der Waals surface area contributed by atoms with Crippen molar-refractivity contribution in [3.8, 4) is 0 Å². The first-order valence-electron chi connectivity index (χ1n) is 8.13. The van der Waals surface area contributed by atoms with Gasteiger partial charge in [0, 0.05) is 31.1 Å². The van der Waals surface area contributed by atoms with Gasteiger partial charge in [-0.15, -0.1) is 0 Å². The standard InChI is InChI=1S/C17H30N4O/c1-12(2)21-9-8-17(6,11-21)15(22)18-14-10-13(16(3,4)5)19-20(14)7/h10,12H,8-9,11H2,1-7H3,(H,18,22). The fourth-order valence-electron chi connectivity index (χ4n) is 2.84. The van der Waals surface area contributed by atoms with Crippen LogP contribution in [-0.4, -0.2) is 39.7 Å². The van der Waals surface area contributed by atoms with Gasteiger partial charge in [-0.05, 0) is 33.7 Å². The number of nitrogens with zero attached hydrogens (tertiary/aromatic N) is 3. The number of carbonyl (C=O) groups is 1. The van der Waals surface area contributed by atoms with Crippen LogP contribution < -0.4 is 5.32 Å². The number of amides is 1. The summed E-state index contributed by atoms with van der Waals surface area (Å²) in [5, 5.41) is 7.60. The summed E-state index contributed by atoms with van der Waals surface area (Å²) in [5.74, 6) is 0.873. The molecule has 5 nitrogen and oxygen atoms in total. The topological polar surface area (TPSA) is 50.2 Å². The Hall–Kier alpha value is -1.36. The lowest BCUT2D eigenvalue weighted by Gasteiger charge is -2.25. The van der Waals surface area contributed by atoms with Crippen molar-refractivity contribution in [2.45, 2.75) is 59.4 Å². The highest BCUT2D eigenvalue weighted by Crippen LogP contribution is 2.33. The summed E-state index contributed by atoms with van der Waals surface area (Å²) in [6.07, 6.45) is 0.904. The highest BCUT2D eigenvalue weighted by Gasteiger charge is 2.41. The molecule has 0 radical (unpaired) electrons. The molecule has 1 aromatic rings. The van der Waals surface area contributed by atoms with Gasteiger partial charge in [-0.3, -0.25) is 14.4 Å². The number of rotatable bonds is 3. The fraction of sp³-hybridized carbons (Fsp3) is 0.765. The highest BCUT2D eigenvalue weighted by molar-refractivity contribution is 5.94. The van der Waals surface area contributed by atoms with Gasteiger partial charge in [0.15, 0.2) is 0 Å². The SMILES string of the molecule is CC(C)N1CCC(C)(C(=O)Nc2cc(C(C)(C)C)nn2C)C1. The van der Waals surface area contributed by atoms with Gasteiger partial charge in [0.2, 0.25) is 5.91 Å². The lowest BCUT2D eigenvalue weighted by Crippen LogP contribution is -2.38. The molecule has 1 aromatic heterocycles. The number of likely N-dealkylation sites (tertiary alicyclic amines) is 1. The van der Waals surface area contributed by atoms with Crippen LogP contribution in [0.4, 0.5) is 5.82 Å². The Kier molecular flexibility index (Phi) is 4.39. The molecule has 1 N–H and O–H groups in total. The van der Waals surface area contributed by atoms with Crippen LogP contribution in [-0.2, 0) is 17.3 Å². The zero-order valence-corrected chi connectivity index (χ0v) is 15.0. The second-order valence-electron chi connectivity index (χ2n) is 8.12. The number of anilines is 1. The summed E-state index contributed by atoms with van der Waals surface area (Å²) >= 11 is 0. The second-order valence-corrected chi connectivity index (χ2v) is 8.12. The molecule has 22 heavy (non-hydrogen) atoms. The Morgan fingerprint density at radius 3 is 2.50 bits per heavy atom. The van der Waals surface area contributed by atoms with E-state index in [1.807, 2.05) is 13.1 Å². The van der Waals surface area contributed by atoms with E-state index in [9.17, 15) is 4.79 Å². The van der Waals surface area contributed by atoms with E-state index in [2.05, 4.69) is 56.9 Å².